The van der Waals surface area contributed by atoms with E-state index in [1.807, 2.05) is 26.8 Å². The maximum atomic E-state index is 6.18. The summed E-state index contributed by atoms with van der Waals surface area (Å²) in [6, 6.07) is 5.27. The van der Waals surface area contributed by atoms with Crippen LogP contribution in [0.25, 0.3) is 0 Å². The van der Waals surface area contributed by atoms with Crippen molar-refractivity contribution in [3.05, 3.63) is 50.8 Å². The fraction of sp³-hybridized carbons (Fsp3) is 0.333. The van der Waals surface area contributed by atoms with E-state index in [2.05, 4.69) is 15.5 Å². The van der Waals surface area contributed by atoms with Gasteiger partial charge in [-0.25, -0.2) is 4.99 Å². The standard InChI is InChI=1S/C15H18Cl2N4O/c1-8(12-5-4-11(16)6-14(12)17)20-15(18)19-7-13-9(2)21-22-10(13)3/h4-6,8H,7H2,1-3H3,(H3,18,19,20). The first-order valence-corrected chi connectivity index (χ1v) is 7.57. The first kappa shape index (κ1) is 16.6. The third kappa shape index (κ3) is 3.93. The average Bonchev–Trinajstić information content (AvgIpc) is 2.75. The Morgan fingerprint density at radius 1 is 1.41 bits per heavy atom. The molecule has 1 unspecified atom stereocenters. The third-order valence-electron chi connectivity index (χ3n) is 3.38. The molecular weight excluding hydrogens is 323 g/mol. The van der Waals surface area contributed by atoms with Crippen molar-refractivity contribution in [1.29, 1.82) is 0 Å². The molecule has 2 aromatic rings. The highest BCUT2D eigenvalue weighted by Gasteiger charge is 2.12. The number of nitrogens with zero attached hydrogens (tertiary/aromatic N) is 2. The second-order valence-electron chi connectivity index (χ2n) is 5.04. The Hall–Kier alpha value is -1.72. The van der Waals surface area contributed by atoms with Crippen LogP contribution in [0.4, 0.5) is 0 Å². The van der Waals surface area contributed by atoms with Crippen LogP contribution >= 0.6 is 23.2 Å². The van der Waals surface area contributed by atoms with Gasteiger partial charge in [0.05, 0.1) is 18.3 Å². The number of nitrogens with one attached hydrogen (secondary N) is 1. The van der Waals surface area contributed by atoms with Gasteiger partial charge < -0.3 is 15.6 Å². The maximum absolute atomic E-state index is 6.18. The molecule has 0 aliphatic carbocycles. The molecule has 1 heterocycles. The van der Waals surface area contributed by atoms with Gasteiger partial charge in [-0.15, -0.1) is 0 Å². The number of hydrogen-bond donors (Lipinski definition) is 2. The van der Waals surface area contributed by atoms with Crippen molar-refractivity contribution in [2.24, 2.45) is 10.7 Å². The number of guanidine groups is 1. The molecule has 0 saturated heterocycles. The molecule has 1 aromatic heterocycles. The minimum Gasteiger partial charge on any atom is -0.370 e. The number of aliphatic imine (C=N–C) groups is 1. The van der Waals surface area contributed by atoms with Gasteiger partial charge in [0, 0.05) is 15.6 Å². The summed E-state index contributed by atoms with van der Waals surface area (Å²) in [7, 11) is 0. The molecule has 0 bridgehead atoms. The molecule has 0 saturated carbocycles. The van der Waals surface area contributed by atoms with E-state index in [4.69, 9.17) is 33.5 Å². The van der Waals surface area contributed by atoms with Crippen LogP contribution in [-0.2, 0) is 6.54 Å². The minimum atomic E-state index is -0.0850. The van der Waals surface area contributed by atoms with Gasteiger partial charge >= 0.3 is 0 Å². The van der Waals surface area contributed by atoms with E-state index in [9.17, 15) is 0 Å². The lowest BCUT2D eigenvalue weighted by molar-refractivity contribution is 0.392. The Balaban J connectivity index is 2.04. The van der Waals surface area contributed by atoms with Crippen LogP contribution in [-0.4, -0.2) is 11.1 Å². The molecule has 0 amide bonds. The summed E-state index contributed by atoms with van der Waals surface area (Å²) in [6.07, 6.45) is 0. The molecule has 0 aliphatic rings. The van der Waals surface area contributed by atoms with Gasteiger partial charge in [0.25, 0.3) is 0 Å². The summed E-state index contributed by atoms with van der Waals surface area (Å²) < 4.78 is 5.09. The third-order valence-corrected chi connectivity index (χ3v) is 3.94. The van der Waals surface area contributed by atoms with Crippen LogP contribution in [0.15, 0.2) is 27.7 Å². The molecule has 0 aliphatic heterocycles. The van der Waals surface area contributed by atoms with E-state index in [0.717, 1.165) is 22.6 Å². The molecule has 0 spiro atoms. The lowest BCUT2D eigenvalue weighted by atomic mass is 10.1. The van der Waals surface area contributed by atoms with Gasteiger partial charge in [-0.2, -0.15) is 0 Å². The molecule has 22 heavy (non-hydrogen) atoms. The summed E-state index contributed by atoms with van der Waals surface area (Å²) in [5, 5.41) is 8.18. The van der Waals surface area contributed by atoms with E-state index in [1.54, 1.807) is 12.1 Å². The fourth-order valence-electron chi connectivity index (χ4n) is 2.09. The molecule has 0 radical (unpaired) electrons. The Morgan fingerprint density at radius 2 is 2.14 bits per heavy atom. The highest BCUT2D eigenvalue weighted by atomic mass is 35.5. The molecule has 1 atom stereocenters. The van der Waals surface area contributed by atoms with E-state index >= 15 is 0 Å². The second-order valence-corrected chi connectivity index (χ2v) is 5.88. The number of hydrogen-bond acceptors (Lipinski definition) is 3. The van der Waals surface area contributed by atoms with E-state index < -0.39 is 0 Å². The van der Waals surface area contributed by atoms with E-state index in [-0.39, 0.29) is 6.04 Å². The van der Waals surface area contributed by atoms with Crippen molar-refractivity contribution < 1.29 is 4.52 Å². The summed E-state index contributed by atoms with van der Waals surface area (Å²) in [4.78, 5) is 4.32. The van der Waals surface area contributed by atoms with Crippen molar-refractivity contribution >= 4 is 29.2 Å². The van der Waals surface area contributed by atoms with Gasteiger partial charge in [0.2, 0.25) is 0 Å². The highest BCUT2D eigenvalue weighted by molar-refractivity contribution is 6.35. The van der Waals surface area contributed by atoms with Gasteiger partial charge in [0.1, 0.15) is 5.76 Å². The SMILES string of the molecule is Cc1noc(C)c1CN=C(N)NC(C)c1ccc(Cl)cc1Cl. The molecule has 3 N–H and O–H groups in total. The summed E-state index contributed by atoms with van der Waals surface area (Å²) in [6.45, 7) is 6.10. The quantitative estimate of drug-likeness (QED) is 0.656. The number of benzene rings is 1. The summed E-state index contributed by atoms with van der Waals surface area (Å²) in [5.74, 6) is 1.08. The monoisotopic (exact) mass is 340 g/mol. The highest BCUT2D eigenvalue weighted by Crippen LogP contribution is 2.25. The first-order valence-electron chi connectivity index (χ1n) is 6.81. The van der Waals surface area contributed by atoms with Crippen LogP contribution in [0.3, 0.4) is 0 Å². The zero-order chi connectivity index (χ0) is 16.3. The lowest BCUT2D eigenvalue weighted by Crippen LogP contribution is -2.34. The minimum absolute atomic E-state index is 0.0850. The second kappa shape index (κ2) is 7.03. The predicted molar refractivity (Wildman–Crippen MR) is 89.3 cm³/mol. The number of rotatable bonds is 4. The summed E-state index contributed by atoms with van der Waals surface area (Å²) in [5.41, 5.74) is 8.60. The normalized spacial score (nSPS) is 13.2. The smallest absolute Gasteiger partial charge is 0.189 e. The Morgan fingerprint density at radius 3 is 2.73 bits per heavy atom. The number of nitrogens with two attached hydrogens (primary N) is 1. The van der Waals surface area contributed by atoms with Crippen molar-refractivity contribution in [3.63, 3.8) is 0 Å². The van der Waals surface area contributed by atoms with Gasteiger partial charge in [0.15, 0.2) is 5.96 Å². The summed E-state index contributed by atoms with van der Waals surface area (Å²) >= 11 is 12.1. The zero-order valence-corrected chi connectivity index (χ0v) is 14.2. The maximum Gasteiger partial charge on any atom is 0.189 e. The van der Waals surface area contributed by atoms with E-state index in [1.165, 1.54) is 0 Å². The van der Waals surface area contributed by atoms with Crippen molar-refractivity contribution in [1.82, 2.24) is 10.5 Å². The molecule has 1 aromatic carbocycles. The van der Waals surface area contributed by atoms with Crippen molar-refractivity contribution in [3.8, 4) is 0 Å². The van der Waals surface area contributed by atoms with Crippen LogP contribution in [0.5, 0.6) is 0 Å². The molecule has 118 valence electrons. The van der Waals surface area contributed by atoms with Gasteiger partial charge in [-0.1, -0.05) is 34.4 Å². The lowest BCUT2D eigenvalue weighted by Gasteiger charge is -2.16. The predicted octanol–water partition coefficient (Wildman–Crippen LogP) is 3.76. The molecule has 5 nitrogen and oxygen atoms in total. The van der Waals surface area contributed by atoms with Crippen molar-refractivity contribution in [2.75, 3.05) is 0 Å². The van der Waals surface area contributed by atoms with Crippen LogP contribution in [0.1, 0.15) is 35.5 Å². The Kier molecular flexibility index (Phi) is 5.32. The molecule has 2 rings (SSSR count). The fourth-order valence-corrected chi connectivity index (χ4v) is 2.66. The van der Waals surface area contributed by atoms with Gasteiger partial charge in [-0.3, -0.25) is 0 Å². The topological polar surface area (TPSA) is 76.4 Å². The average molecular weight is 341 g/mol. The molecular formula is C15H18Cl2N4O. The molecule has 7 heteroatoms. The van der Waals surface area contributed by atoms with Gasteiger partial charge in [-0.05, 0) is 38.5 Å². The Bertz CT molecular complexity index is 677. The van der Waals surface area contributed by atoms with E-state index in [0.29, 0.717) is 22.5 Å². The van der Waals surface area contributed by atoms with Crippen LogP contribution in [0.2, 0.25) is 10.0 Å². The zero-order valence-electron chi connectivity index (χ0n) is 12.7. The van der Waals surface area contributed by atoms with Crippen molar-refractivity contribution in [2.45, 2.75) is 33.4 Å². The number of aryl methyl sites for hydroxylation is 2. The first-order chi connectivity index (χ1) is 10.4. The molecule has 0 fully saturated rings. The largest absolute Gasteiger partial charge is 0.370 e. The van der Waals surface area contributed by atoms with Crippen LogP contribution < -0.4 is 11.1 Å². The Labute approximate surface area is 139 Å². The number of aromatic nitrogens is 1. The van der Waals surface area contributed by atoms with Crippen LogP contribution in [0, 0.1) is 13.8 Å². The number of halogens is 2.